The first kappa shape index (κ1) is 24.3. The highest BCUT2D eigenvalue weighted by atomic mass is 19.1. The van der Waals surface area contributed by atoms with E-state index in [1.807, 2.05) is 42.3 Å². The lowest BCUT2D eigenvalue weighted by molar-refractivity contribution is 0.0727. The second-order valence-corrected chi connectivity index (χ2v) is 8.73. The second kappa shape index (κ2) is 10.3. The molecule has 0 bridgehead atoms. The molecule has 1 aliphatic rings. The van der Waals surface area contributed by atoms with E-state index in [2.05, 4.69) is 4.98 Å². The molecule has 0 saturated carbocycles. The van der Waals surface area contributed by atoms with Crippen LogP contribution in [0, 0.1) is 17.5 Å². The van der Waals surface area contributed by atoms with Crippen LogP contribution in [0.25, 0.3) is 0 Å². The molecule has 2 heterocycles. The van der Waals surface area contributed by atoms with Crippen LogP contribution in [0.5, 0.6) is 11.6 Å². The molecule has 0 saturated heterocycles. The molecule has 1 aliphatic heterocycles. The topological polar surface area (TPSA) is 58.6 Å². The Balaban J connectivity index is 1.49. The van der Waals surface area contributed by atoms with Gasteiger partial charge in [-0.1, -0.05) is 42.5 Å². The number of rotatable bonds is 6. The third-order valence-corrected chi connectivity index (χ3v) is 6.11. The van der Waals surface area contributed by atoms with Gasteiger partial charge in [-0.05, 0) is 29.8 Å². The Kier molecular flexibility index (Phi) is 6.76. The van der Waals surface area contributed by atoms with Gasteiger partial charge in [-0.2, -0.15) is 4.98 Å². The summed E-state index contributed by atoms with van der Waals surface area (Å²) in [4.78, 5) is 25.6. The van der Waals surface area contributed by atoms with E-state index in [1.165, 1.54) is 17.0 Å². The van der Waals surface area contributed by atoms with Gasteiger partial charge in [0.25, 0.3) is 5.91 Å². The fourth-order valence-electron chi connectivity index (χ4n) is 4.19. The van der Waals surface area contributed by atoms with Crippen molar-refractivity contribution in [2.24, 2.45) is 0 Å². The van der Waals surface area contributed by atoms with Gasteiger partial charge in [0.2, 0.25) is 11.8 Å². The van der Waals surface area contributed by atoms with Crippen LogP contribution in [-0.2, 0) is 19.5 Å². The van der Waals surface area contributed by atoms with E-state index >= 15 is 0 Å². The summed E-state index contributed by atoms with van der Waals surface area (Å²) in [6.45, 7) is 0.825. The van der Waals surface area contributed by atoms with Crippen molar-refractivity contribution in [3.63, 3.8) is 0 Å². The Morgan fingerprint density at radius 2 is 1.73 bits per heavy atom. The predicted octanol–water partition coefficient (Wildman–Crippen LogP) is 5.52. The zero-order valence-electron chi connectivity index (χ0n) is 20.0. The SMILES string of the molecule is CN(Cc1ccccc1)c1nc2c(c(Oc3ccccc3F)n1)CN(C(=O)c1ccc(F)cc1F)CC2. The Hall–Kier alpha value is -4.40. The number of carbonyl (C=O) groups is 1. The highest BCUT2D eigenvalue weighted by molar-refractivity contribution is 5.94. The molecule has 1 amide bonds. The maximum absolute atomic E-state index is 14.4. The van der Waals surface area contributed by atoms with Gasteiger partial charge in [-0.3, -0.25) is 4.79 Å². The van der Waals surface area contributed by atoms with Crippen LogP contribution in [0.2, 0.25) is 0 Å². The van der Waals surface area contributed by atoms with Gasteiger partial charge in [0.15, 0.2) is 11.6 Å². The molecule has 0 aliphatic carbocycles. The van der Waals surface area contributed by atoms with Gasteiger partial charge in [0.1, 0.15) is 11.6 Å². The molecule has 9 heteroatoms. The number of halogens is 3. The highest BCUT2D eigenvalue weighted by Crippen LogP contribution is 2.33. The zero-order chi connectivity index (χ0) is 25.9. The Morgan fingerprint density at radius 1 is 0.973 bits per heavy atom. The first-order valence-corrected chi connectivity index (χ1v) is 11.7. The van der Waals surface area contributed by atoms with Gasteiger partial charge < -0.3 is 14.5 Å². The Bertz CT molecular complexity index is 1450. The number of aromatic nitrogens is 2. The summed E-state index contributed by atoms with van der Waals surface area (Å²) in [5, 5.41) is 0. The van der Waals surface area contributed by atoms with E-state index < -0.39 is 23.4 Å². The van der Waals surface area contributed by atoms with Crippen molar-refractivity contribution in [3.05, 3.63) is 113 Å². The summed E-state index contributed by atoms with van der Waals surface area (Å²) < 4.78 is 48.0. The first-order valence-electron chi connectivity index (χ1n) is 11.7. The van der Waals surface area contributed by atoms with Crippen LogP contribution in [0.3, 0.4) is 0 Å². The molecule has 0 fully saturated rings. The summed E-state index contributed by atoms with van der Waals surface area (Å²) >= 11 is 0. The van der Waals surface area contributed by atoms with Gasteiger partial charge in [0, 0.05) is 32.6 Å². The molecule has 4 aromatic rings. The fourth-order valence-corrected chi connectivity index (χ4v) is 4.19. The number of nitrogens with zero attached hydrogens (tertiary/aromatic N) is 4. The zero-order valence-corrected chi connectivity index (χ0v) is 20.0. The normalized spacial score (nSPS) is 12.7. The van der Waals surface area contributed by atoms with Crippen molar-refractivity contribution in [3.8, 4) is 11.6 Å². The molecule has 0 N–H and O–H groups in total. The molecule has 0 atom stereocenters. The Morgan fingerprint density at radius 3 is 2.49 bits per heavy atom. The molecule has 188 valence electrons. The van der Waals surface area contributed by atoms with E-state index in [-0.39, 0.29) is 30.3 Å². The summed E-state index contributed by atoms with van der Waals surface area (Å²) in [6, 6.07) is 18.6. The minimum Gasteiger partial charge on any atom is -0.435 e. The van der Waals surface area contributed by atoms with Crippen molar-refractivity contribution in [1.29, 1.82) is 0 Å². The lowest BCUT2D eigenvalue weighted by atomic mass is 10.0. The summed E-state index contributed by atoms with van der Waals surface area (Å²) in [6.07, 6.45) is 0.353. The number of amides is 1. The number of ether oxygens (including phenoxy) is 1. The number of fused-ring (bicyclic) bond motifs is 1. The van der Waals surface area contributed by atoms with Crippen molar-refractivity contribution in [1.82, 2.24) is 14.9 Å². The van der Waals surface area contributed by atoms with Gasteiger partial charge in [-0.15, -0.1) is 0 Å². The van der Waals surface area contributed by atoms with Crippen molar-refractivity contribution in [2.75, 3.05) is 18.5 Å². The van der Waals surface area contributed by atoms with E-state index in [0.717, 1.165) is 17.7 Å². The maximum atomic E-state index is 14.4. The first-order chi connectivity index (χ1) is 17.9. The number of hydrogen-bond acceptors (Lipinski definition) is 5. The summed E-state index contributed by atoms with van der Waals surface area (Å²) in [5.74, 6) is -2.38. The minimum atomic E-state index is -0.937. The quantitative estimate of drug-likeness (QED) is 0.346. The predicted molar refractivity (Wildman–Crippen MR) is 132 cm³/mol. The highest BCUT2D eigenvalue weighted by Gasteiger charge is 2.29. The van der Waals surface area contributed by atoms with Gasteiger partial charge in [0.05, 0.1) is 23.4 Å². The van der Waals surface area contributed by atoms with Crippen molar-refractivity contribution >= 4 is 11.9 Å². The minimum absolute atomic E-state index is 0.0203. The number of carbonyl (C=O) groups excluding carboxylic acids is 1. The molecule has 5 rings (SSSR count). The molecular formula is C28H23F3N4O2. The second-order valence-electron chi connectivity index (χ2n) is 8.73. The molecular weight excluding hydrogens is 481 g/mol. The van der Waals surface area contributed by atoms with Crippen LogP contribution in [-0.4, -0.2) is 34.4 Å². The molecule has 0 radical (unpaired) electrons. The maximum Gasteiger partial charge on any atom is 0.257 e. The molecule has 6 nitrogen and oxygen atoms in total. The van der Waals surface area contributed by atoms with E-state index in [9.17, 15) is 18.0 Å². The molecule has 0 spiro atoms. The number of para-hydroxylation sites is 1. The number of benzene rings is 3. The van der Waals surface area contributed by atoms with Gasteiger partial charge in [-0.25, -0.2) is 18.2 Å². The van der Waals surface area contributed by atoms with E-state index in [0.29, 0.717) is 36.2 Å². The van der Waals surface area contributed by atoms with Crippen LogP contribution >= 0.6 is 0 Å². The van der Waals surface area contributed by atoms with Crippen LogP contribution in [0.15, 0.2) is 72.8 Å². The van der Waals surface area contributed by atoms with Gasteiger partial charge >= 0.3 is 0 Å². The largest absolute Gasteiger partial charge is 0.435 e. The third kappa shape index (κ3) is 5.25. The van der Waals surface area contributed by atoms with Crippen LogP contribution in [0.1, 0.15) is 27.2 Å². The van der Waals surface area contributed by atoms with E-state index in [4.69, 9.17) is 9.72 Å². The lowest BCUT2D eigenvalue weighted by Crippen LogP contribution is -2.37. The monoisotopic (exact) mass is 504 g/mol. The lowest BCUT2D eigenvalue weighted by Gasteiger charge is -2.30. The van der Waals surface area contributed by atoms with Crippen LogP contribution < -0.4 is 9.64 Å². The van der Waals surface area contributed by atoms with Crippen molar-refractivity contribution in [2.45, 2.75) is 19.5 Å². The molecule has 3 aromatic carbocycles. The Labute approximate surface area is 212 Å². The number of hydrogen-bond donors (Lipinski definition) is 0. The standard InChI is InChI=1S/C28H23F3N4O2/c1-34(16-18-7-3-2-4-8-18)28-32-24-13-14-35(27(36)20-12-11-19(29)15-23(20)31)17-21(24)26(33-28)37-25-10-6-5-9-22(25)30/h2-12,15H,13-14,16-17H2,1H3. The number of anilines is 1. The third-order valence-electron chi connectivity index (χ3n) is 6.11. The van der Waals surface area contributed by atoms with E-state index in [1.54, 1.807) is 12.1 Å². The molecule has 0 unspecified atom stereocenters. The smallest absolute Gasteiger partial charge is 0.257 e. The molecule has 1 aromatic heterocycles. The summed E-state index contributed by atoms with van der Waals surface area (Å²) in [7, 11) is 1.84. The summed E-state index contributed by atoms with van der Waals surface area (Å²) in [5.41, 5.74) is 1.98. The van der Waals surface area contributed by atoms with Crippen molar-refractivity contribution < 1.29 is 22.7 Å². The van der Waals surface area contributed by atoms with Crippen LogP contribution in [0.4, 0.5) is 19.1 Å². The average Bonchev–Trinajstić information content (AvgIpc) is 2.90. The fraction of sp³-hybridized carbons (Fsp3) is 0.179. The average molecular weight is 505 g/mol. The molecule has 37 heavy (non-hydrogen) atoms.